The van der Waals surface area contributed by atoms with Gasteiger partial charge in [-0.25, -0.2) is 4.39 Å². The fraction of sp³-hybridized carbons (Fsp3) is 0.364. The van der Waals surface area contributed by atoms with E-state index in [4.69, 9.17) is 0 Å². The number of nitrogens with zero attached hydrogens (tertiary/aromatic N) is 1. The van der Waals surface area contributed by atoms with Gasteiger partial charge in [0.05, 0.1) is 6.04 Å². The Kier molecular flexibility index (Phi) is 2.68. The molecule has 4 heteroatoms. The van der Waals surface area contributed by atoms with Gasteiger partial charge in [0.25, 0.3) is 0 Å². The molecule has 3 nitrogen and oxygen atoms in total. The van der Waals surface area contributed by atoms with Crippen LogP contribution in [0.5, 0.6) is 0 Å². The van der Waals surface area contributed by atoms with Crippen molar-refractivity contribution < 1.29 is 9.18 Å². The molecule has 15 heavy (non-hydrogen) atoms. The van der Waals surface area contributed by atoms with Gasteiger partial charge in [-0.3, -0.25) is 4.79 Å². The lowest BCUT2D eigenvalue weighted by Crippen LogP contribution is -2.53. The van der Waals surface area contributed by atoms with Gasteiger partial charge in [0.15, 0.2) is 0 Å². The van der Waals surface area contributed by atoms with E-state index in [9.17, 15) is 9.18 Å². The molecule has 1 aromatic carbocycles. The number of carbonyl (C=O) groups excluding carboxylic acids is 1. The smallest absolute Gasteiger partial charge is 0.243 e. The van der Waals surface area contributed by atoms with E-state index in [1.807, 2.05) is 6.92 Å². The van der Waals surface area contributed by atoms with Gasteiger partial charge in [-0.05, 0) is 31.2 Å². The van der Waals surface area contributed by atoms with Crippen molar-refractivity contribution in [3.8, 4) is 0 Å². The topological polar surface area (TPSA) is 32.3 Å². The van der Waals surface area contributed by atoms with E-state index < -0.39 is 0 Å². The normalized spacial score (nSPS) is 21.9. The number of amides is 1. The van der Waals surface area contributed by atoms with E-state index in [-0.39, 0.29) is 17.8 Å². The van der Waals surface area contributed by atoms with Gasteiger partial charge in [-0.1, -0.05) is 0 Å². The number of hydrogen-bond donors (Lipinski definition) is 1. The molecule has 0 spiro atoms. The minimum atomic E-state index is -0.283. The highest BCUT2D eigenvalue weighted by molar-refractivity contribution is 5.97. The van der Waals surface area contributed by atoms with Crippen LogP contribution in [-0.4, -0.2) is 25.0 Å². The van der Waals surface area contributed by atoms with Crippen molar-refractivity contribution in [2.24, 2.45) is 0 Å². The molecule has 1 amide bonds. The van der Waals surface area contributed by atoms with Gasteiger partial charge in [-0.2, -0.15) is 0 Å². The van der Waals surface area contributed by atoms with E-state index in [0.29, 0.717) is 6.54 Å². The molecule has 2 rings (SSSR count). The first-order chi connectivity index (χ1) is 7.18. The Bertz CT molecular complexity index is 363. The van der Waals surface area contributed by atoms with E-state index >= 15 is 0 Å². The molecule has 1 heterocycles. The predicted octanol–water partition coefficient (Wildman–Crippen LogP) is 1.15. The van der Waals surface area contributed by atoms with Crippen LogP contribution in [0.1, 0.15) is 6.92 Å². The van der Waals surface area contributed by atoms with Crippen molar-refractivity contribution in [1.82, 2.24) is 5.32 Å². The summed E-state index contributed by atoms with van der Waals surface area (Å²) in [5.41, 5.74) is 0.759. The summed E-state index contributed by atoms with van der Waals surface area (Å²) in [4.78, 5) is 13.5. The number of anilines is 1. The summed E-state index contributed by atoms with van der Waals surface area (Å²) in [5.74, 6) is -0.248. The van der Waals surface area contributed by atoms with Gasteiger partial charge in [0.1, 0.15) is 5.82 Å². The van der Waals surface area contributed by atoms with Crippen LogP contribution in [0.15, 0.2) is 24.3 Å². The highest BCUT2D eigenvalue weighted by atomic mass is 19.1. The van der Waals surface area contributed by atoms with Crippen LogP contribution in [-0.2, 0) is 4.79 Å². The largest absolute Gasteiger partial charge is 0.310 e. The van der Waals surface area contributed by atoms with Gasteiger partial charge < -0.3 is 10.2 Å². The summed E-state index contributed by atoms with van der Waals surface area (Å²) in [6.07, 6.45) is 0. The summed E-state index contributed by atoms with van der Waals surface area (Å²) in [5, 5.41) is 3.08. The lowest BCUT2D eigenvalue weighted by Gasteiger charge is -2.31. The molecule has 80 valence electrons. The number of halogens is 1. The Morgan fingerprint density at radius 3 is 2.73 bits per heavy atom. The lowest BCUT2D eigenvalue weighted by molar-refractivity contribution is -0.121. The maximum absolute atomic E-state index is 12.7. The van der Waals surface area contributed by atoms with E-state index in [1.54, 1.807) is 17.0 Å². The molecule has 1 aliphatic rings. The maximum Gasteiger partial charge on any atom is 0.243 e. The van der Waals surface area contributed by atoms with E-state index in [1.165, 1.54) is 12.1 Å². The van der Waals surface area contributed by atoms with Crippen molar-refractivity contribution in [2.75, 3.05) is 18.0 Å². The third-order valence-corrected chi connectivity index (χ3v) is 2.56. The molecule has 0 bridgehead atoms. The first-order valence-electron chi connectivity index (χ1n) is 4.99. The van der Waals surface area contributed by atoms with Crippen molar-refractivity contribution in [2.45, 2.75) is 13.0 Å². The predicted molar refractivity (Wildman–Crippen MR) is 56.2 cm³/mol. The molecule has 0 saturated carbocycles. The number of benzene rings is 1. The molecule has 1 fully saturated rings. The molecule has 1 aliphatic heterocycles. The molecular formula is C11H13FN2O. The third-order valence-electron chi connectivity index (χ3n) is 2.56. The number of rotatable bonds is 1. The minimum Gasteiger partial charge on any atom is -0.310 e. The van der Waals surface area contributed by atoms with E-state index in [0.717, 1.165) is 12.2 Å². The Hall–Kier alpha value is -1.42. The van der Waals surface area contributed by atoms with Gasteiger partial charge >= 0.3 is 0 Å². The average Bonchev–Trinajstić information content (AvgIpc) is 2.24. The molecule has 1 atom stereocenters. The molecule has 0 unspecified atom stereocenters. The SMILES string of the molecule is C[C@@H]1NCCN(c2ccc(F)cc2)C1=O. The molecule has 0 aliphatic carbocycles. The first-order valence-corrected chi connectivity index (χ1v) is 4.99. The lowest BCUT2D eigenvalue weighted by atomic mass is 10.2. The standard InChI is InChI=1S/C11H13FN2O/c1-8-11(15)14(7-6-13-8)10-4-2-9(12)3-5-10/h2-5,8,13H,6-7H2,1H3/t8-/m0/s1. The summed E-state index contributed by atoms with van der Waals surface area (Å²) in [6, 6.07) is 5.84. The van der Waals surface area contributed by atoms with Crippen molar-refractivity contribution in [3.05, 3.63) is 30.1 Å². The van der Waals surface area contributed by atoms with Crippen LogP contribution in [0.25, 0.3) is 0 Å². The van der Waals surface area contributed by atoms with Crippen molar-refractivity contribution >= 4 is 11.6 Å². The van der Waals surface area contributed by atoms with Crippen molar-refractivity contribution in [3.63, 3.8) is 0 Å². The Morgan fingerprint density at radius 2 is 2.07 bits per heavy atom. The molecule has 0 radical (unpaired) electrons. The summed E-state index contributed by atoms with van der Waals surface area (Å²) in [7, 11) is 0. The fourth-order valence-electron chi connectivity index (χ4n) is 1.70. The number of hydrogen-bond acceptors (Lipinski definition) is 2. The number of piperazine rings is 1. The van der Waals surface area contributed by atoms with Gasteiger partial charge in [0.2, 0.25) is 5.91 Å². The van der Waals surface area contributed by atoms with Crippen LogP contribution >= 0.6 is 0 Å². The Balaban J connectivity index is 2.22. The summed E-state index contributed by atoms with van der Waals surface area (Å²) in [6.45, 7) is 3.23. The third kappa shape index (κ3) is 1.99. The quantitative estimate of drug-likeness (QED) is 0.751. The fourth-order valence-corrected chi connectivity index (χ4v) is 1.70. The summed E-state index contributed by atoms with van der Waals surface area (Å²) < 4.78 is 12.7. The van der Waals surface area contributed by atoms with Crippen molar-refractivity contribution in [1.29, 1.82) is 0 Å². The van der Waals surface area contributed by atoms with Crippen LogP contribution in [0.3, 0.4) is 0 Å². The van der Waals surface area contributed by atoms with Crippen LogP contribution in [0.4, 0.5) is 10.1 Å². The minimum absolute atomic E-state index is 0.0351. The zero-order chi connectivity index (χ0) is 10.8. The highest BCUT2D eigenvalue weighted by Crippen LogP contribution is 2.17. The van der Waals surface area contributed by atoms with Gasteiger partial charge in [0, 0.05) is 18.8 Å². The second-order valence-corrected chi connectivity index (χ2v) is 3.64. The van der Waals surface area contributed by atoms with Crippen LogP contribution < -0.4 is 10.2 Å². The molecule has 1 saturated heterocycles. The monoisotopic (exact) mass is 208 g/mol. The maximum atomic E-state index is 12.7. The Morgan fingerprint density at radius 1 is 1.40 bits per heavy atom. The molecule has 0 aromatic heterocycles. The number of nitrogens with one attached hydrogen (secondary N) is 1. The zero-order valence-electron chi connectivity index (χ0n) is 8.53. The average molecular weight is 208 g/mol. The van der Waals surface area contributed by atoms with Crippen LogP contribution in [0.2, 0.25) is 0 Å². The zero-order valence-corrected chi connectivity index (χ0v) is 8.53. The van der Waals surface area contributed by atoms with Crippen LogP contribution in [0, 0.1) is 5.82 Å². The summed E-state index contributed by atoms with van der Waals surface area (Å²) >= 11 is 0. The second-order valence-electron chi connectivity index (χ2n) is 3.64. The van der Waals surface area contributed by atoms with E-state index in [2.05, 4.69) is 5.32 Å². The highest BCUT2D eigenvalue weighted by Gasteiger charge is 2.25. The molecule has 1 N–H and O–H groups in total. The number of carbonyl (C=O) groups is 1. The molecule has 1 aromatic rings. The molecular weight excluding hydrogens is 195 g/mol. The Labute approximate surface area is 87.9 Å². The first kappa shape index (κ1) is 10.1. The second kappa shape index (κ2) is 3.98. The van der Waals surface area contributed by atoms with Gasteiger partial charge in [-0.15, -0.1) is 0 Å².